The first-order chi connectivity index (χ1) is 12.1. The number of rotatable bonds is 3. The lowest BCUT2D eigenvalue weighted by Gasteiger charge is -2.27. The number of hydrogen-bond acceptors (Lipinski definition) is 4. The average molecular weight is 392 g/mol. The Bertz CT molecular complexity index is 969. The van der Waals surface area contributed by atoms with Crippen LogP contribution in [-0.4, -0.2) is 21.4 Å². The van der Waals surface area contributed by atoms with Crippen LogP contribution in [-0.2, 0) is 19.5 Å². The van der Waals surface area contributed by atoms with Crippen LogP contribution in [0.4, 0.5) is 0 Å². The van der Waals surface area contributed by atoms with Crippen molar-refractivity contribution < 1.29 is 0 Å². The summed E-state index contributed by atoms with van der Waals surface area (Å²) >= 11 is 13.7. The molecular formula is C18H15Cl2N3OS. The Morgan fingerprint density at radius 2 is 2.12 bits per heavy atom. The second kappa shape index (κ2) is 6.92. The molecule has 0 spiro atoms. The third-order valence-corrected chi connectivity index (χ3v) is 5.91. The molecule has 3 heterocycles. The molecule has 0 atom stereocenters. The molecule has 0 aliphatic carbocycles. The van der Waals surface area contributed by atoms with Gasteiger partial charge >= 0.3 is 0 Å². The monoisotopic (exact) mass is 391 g/mol. The van der Waals surface area contributed by atoms with Gasteiger partial charge in [0.25, 0.3) is 5.56 Å². The van der Waals surface area contributed by atoms with E-state index < -0.39 is 0 Å². The molecule has 0 radical (unpaired) electrons. The van der Waals surface area contributed by atoms with E-state index >= 15 is 0 Å². The third-order valence-electron chi connectivity index (χ3n) is 4.30. The summed E-state index contributed by atoms with van der Waals surface area (Å²) in [6, 6.07) is 9.60. The van der Waals surface area contributed by atoms with Crippen LogP contribution in [0.2, 0.25) is 10.0 Å². The van der Waals surface area contributed by atoms with Gasteiger partial charge in [-0.25, -0.2) is 4.98 Å². The fourth-order valence-corrected chi connectivity index (χ4v) is 4.04. The highest BCUT2D eigenvalue weighted by Crippen LogP contribution is 2.25. The molecule has 1 aliphatic rings. The zero-order valence-corrected chi connectivity index (χ0v) is 15.6. The molecule has 0 fully saturated rings. The van der Waals surface area contributed by atoms with E-state index in [-0.39, 0.29) is 5.56 Å². The minimum atomic E-state index is -0.0254. The van der Waals surface area contributed by atoms with Gasteiger partial charge in [0.05, 0.1) is 20.6 Å². The highest BCUT2D eigenvalue weighted by molar-refractivity contribution is 7.13. The van der Waals surface area contributed by atoms with Crippen molar-refractivity contribution in [3.63, 3.8) is 0 Å². The predicted molar refractivity (Wildman–Crippen MR) is 102 cm³/mol. The maximum atomic E-state index is 12.4. The summed E-state index contributed by atoms with van der Waals surface area (Å²) in [6.45, 7) is 2.22. The van der Waals surface area contributed by atoms with Gasteiger partial charge in [-0.05, 0) is 35.6 Å². The van der Waals surface area contributed by atoms with E-state index in [1.807, 2.05) is 35.7 Å². The number of benzene rings is 1. The molecule has 0 saturated heterocycles. The molecule has 128 valence electrons. The molecule has 1 aromatic carbocycles. The molecule has 0 unspecified atom stereocenters. The maximum Gasteiger partial charge on any atom is 0.254 e. The molecule has 3 aromatic rings. The maximum absolute atomic E-state index is 12.4. The van der Waals surface area contributed by atoms with Gasteiger partial charge in [0.15, 0.2) is 5.82 Å². The highest BCUT2D eigenvalue weighted by Gasteiger charge is 2.21. The number of fused-ring (bicyclic) bond motifs is 1. The topological polar surface area (TPSA) is 49.0 Å². The van der Waals surface area contributed by atoms with Crippen molar-refractivity contribution in [2.75, 3.05) is 6.54 Å². The minimum Gasteiger partial charge on any atom is -0.306 e. The fraction of sp³-hybridized carbons (Fsp3) is 0.222. The first-order valence-corrected chi connectivity index (χ1v) is 9.56. The van der Waals surface area contributed by atoms with Gasteiger partial charge in [0, 0.05) is 25.2 Å². The van der Waals surface area contributed by atoms with Gasteiger partial charge in [-0.15, -0.1) is 11.3 Å². The highest BCUT2D eigenvalue weighted by atomic mass is 35.5. The second-order valence-electron chi connectivity index (χ2n) is 6.03. The van der Waals surface area contributed by atoms with Crippen LogP contribution >= 0.6 is 34.5 Å². The van der Waals surface area contributed by atoms with Crippen molar-refractivity contribution in [1.82, 2.24) is 14.9 Å². The van der Waals surface area contributed by atoms with Gasteiger partial charge in [0.1, 0.15) is 0 Å². The summed E-state index contributed by atoms with van der Waals surface area (Å²) in [7, 11) is 0. The molecule has 2 aromatic heterocycles. The first kappa shape index (κ1) is 16.8. The molecule has 7 heteroatoms. The zero-order valence-electron chi connectivity index (χ0n) is 13.3. The smallest absolute Gasteiger partial charge is 0.254 e. The number of thiophene rings is 1. The quantitative estimate of drug-likeness (QED) is 0.721. The predicted octanol–water partition coefficient (Wildman–Crippen LogP) is 4.36. The van der Waals surface area contributed by atoms with Crippen molar-refractivity contribution in [1.29, 1.82) is 0 Å². The molecule has 1 N–H and O–H groups in total. The SMILES string of the molecule is O=c1[nH]c(-c2cccs2)nc2c1CCN(Cc1ccc(Cl)c(Cl)c1)C2. The van der Waals surface area contributed by atoms with E-state index in [0.29, 0.717) is 28.8 Å². The van der Waals surface area contributed by atoms with Gasteiger partial charge in [-0.2, -0.15) is 0 Å². The van der Waals surface area contributed by atoms with E-state index in [1.165, 1.54) is 0 Å². The van der Waals surface area contributed by atoms with Crippen LogP contribution in [0.25, 0.3) is 10.7 Å². The number of halogens is 2. The van der Waals surface area contributed by atoms with Crippen molar-refractivity contribution >= 4 is 34.5 Å². The zero-order chi connectivity index (χ0) is 17.4. The van der Waals surface area contributed by atoms with Crippen molar-refractivity contribution in [2.45, 2.75) is 19.5 Å². The van der Waals surface area contributed by atoms with Gasteiger partial charge in [-0.1, -0.05) is 35.3 Å². The number of aromatic nitrogens is 2. The summed E-state index contributed by atoms with van der Waals surface area (Å²) in [6.07, 6.45) is 0.698. The summed E-state index contributed by atoms with van der Waals surface area (Å²) in [5.74, 6) is 0.648. The van der Waals surface area contributed by atoms with Gasteiger partial charge < -0.3 is 4.98 Å². The Labute approximate surface area is 159 Å². The van der Waals surface area contributed by atoms with Crippen molar-refractivity contribution in [2.24, 2.45) is 0 Å². The Hall–Kier alpha value is -1.66. The van der Waals surface area contributed by atoms with Crippen LogP contribution in [0.1, 0.15) is 16.8 Å². The Balaban J connectivity index is 1.59. The van der Waals surface area contributed by atoms with E-state index in [0.717, 1.165) is 34.8 Å². The molecular weight excluding hydrogens is 377 g/mol. The van der Waals surface area contributed by atoms with Crippen molar-refractivity contribution in [3.8, 4) is 10.7 Å². The lowest BCUT2D eigenvalue weighted by Crippen LogP contribution is -2.35. The van der Waals surface area contributed by atoms with Gasteiger partial charge in [0.2, 0.25) is 0 Å². The molecule has 0 saturated carbocycles. The number of H-pyrrole nitrogens is 1. The molecule has 25 heavy (non-hydrogen) atoms. The average Bonchev–Trinajstić information content (AvgIpc) is 3.12. The first-order valence-electron chi connectivity index (χ1n) is 7.92. The summed E-state index contributed by atoms with van der Waals surface area (Å²) in [5, 5.41) is 3.10. The van der Waals surface area contributed by atoms with E-state index in [1.54, 1.807) is 11.3 Å². The normalized spacial score (nSPS) is 14.5. The minimum absolute atomic E-state index is 0.0254. The van der Waals surface area contributed by atoms with Crippen LogP contribution in [0.15, 0.2) is 40.5 Å². The number of nitrogens with zero attached hydrogens (tertiary/aromatic N) is 2. The molecule has 1 aliphatic heterocycles. The van der Waals surface area contributed by atoms with E-state index in [4.69, 9.17) is 28.2 Å². The second-order valence-corrected chi connectivity index (χ2v) is 7.79. The summed E-state index contributed by atoms with van der Waals surface area (Å²) < 4.78 is 0. The summed E-state index contributed by atoms with van der Waals surface area (Å²) in [4.78, 5) is 23.2. The molecule has 0 amide bonds. The lowest BCUT2D eigenvalue weighted by atomic mass is 10.1. The summed E-state index contributed by atoms with van der Waals surface area (Å²) in [5.41, 5.74) is 2.73. The molecule has 4 nitrogen and oxygen atoms in total. The van der Waals surface area contributed by atoms with Crippen molar-refractivity contribution in [3.05, 3.63) is 72.9 Å². The van der Waals surface area contributed by atoms with Crippen LogP contribution in [0.5, 0.6) is 0 Å². The number of nitrogens with one attached hydrogen (secondary N) is 1. The van der Waals surface area contributed by atoms with Crippen LogP contribution < -0.4 is 5.56 Å². The van der Waals surface area contributed by atoms with E-state index in [9.17, 15) is 4.79 Å². The Kier molecular flexibility index (Phi) is 4.65. The van der Waals surface area contributed by atoms with Crippen LogP contribution in [0, 0.1) is 0 Å². The van der Waals surface area contributed by atoms with E-state index in [2.05, 4.69) is 9.88 Å². The standard InChI is InChI=1S/C18H15Cl2N3OS/c19-13-4-3-11(8-14(13)20)9-23-6-5-12-15(10-23)21-17(22-18(12)24)16-2-1-7-25-16/h1-4,7-8H,5-6,9-10H2,(H,21,22,24). The molecule has 4 rings (SSSR count). The number of hydrogen-bond donors (Lipinski definition) is 1. The van der Waals surface area contributed by atoms with Gasteiger partial charge in [-0.3, -0.25) is 9.69 Å². The Morgan fingerprint density at radius 1 is 1.24 bits per heavy atom. The molecule has 0 bridgehead atoms. The number of aromatic amines is 1. The van der Waals surface area contributed by atoms with Crippen LogP contribution in [0.3, 0.4) is 0 Å². The lowest BCUT2D eigenvalue weighted by molar-refractivity contribution is 0.240. The Morgan fingerprint density at radius 3 is 2.88 bits per heavy atom. The third kappa shape index (κ3) is 3.51. The fourth-order valence-electron chi connectivity index (χ4n) is 3.05. The largest absolute Gasteiger partial charge is 0.306 e.